The molecule has 106 valence electrons. The number of hydrogen-bond donors (Lipinski definition) is 2. The molecule has 0 aliphatic carbocycles. The first-order valence-electron chi connectivity index (χ1n) is 6.82. The summed E-state index contributed by atoms with van der Waals surface area (Å²) in [4.78, 5) is 11.4. The molecule has 0 aromatic heterocycles. The number of aliphatic carboxylic acids is 1. The molecule has 0 spiro atoms. The van der Waals surface area contributed by atoms with Crippen LogP contribution in [0.5, 0.6) is 0 Å². The molecule has 0 bridgehead atoms. The molecular weight excluding hydrogens is 234 g/mol. The van der Waals surface area contributed by atoms with Gasteiger partial charge in [-0.3, -0.25) is 4.79 Å². The van der Waals surface area contributed by atoms with Crippen LogP contribution < -0.4 is 5.32 Å². The van der Waals surface area contributed by atoms with E-state index in [0.717, 1.165) is 19.4 Å². The van der Waals surface area contributed by atoms with Crippen molar-refractivity contribution in [3.8, 4) is 0 Å². The van der Waals surface area contributed by atoms with Crippen LogP contribution in [0.15, 0.2) is 0 Å². The number of ether oxygens (including phenoxy) is 2. The Morgan fingerprint density at radius 1 is 1.50 bits per heavy atom. The second-order valence-corrected chi connectivity index (χ2v) is 4.80. The average molecular weight is 259 g/mol. The van der Waals surface area contributed by atoms with Gasteiger partial charge < -0.3 is 19.9 Å². The number of carbonyl (C=O) groups is 1. The lowest BCUT2D eigenvalue weighted by Gasteiger charge is -2.30. The van der Waals surface area contributed by atoms with Crippen LogP contribution >= 0.6 is 0 Å². The standard InChI is InChI=1S/C13H25NO4/c1-3-7-14-13(4-2,12(15)16)6-5-8-18-11-9-17-10-11/h11,14H,3-10H2,1-2H3,(H,15,16). The molecule has 1 aliphatic heterocycles. The molecule has 1 unspecified atom stereocenters. The highest BCUT2D eigenvalue weighted by Gasteiger charge is 2.35. The van der Waals surface area contributed by atoms with E-state index in [0.29, 0.717) is 32.7 Å². The summed E-state index contributed by atoms with van der Waals surface area (Å²) in [5.41, 5.74) is -0.796. The Morgan fingerprint density at radius 2 is 2.22 bits per heavy atom. The van der Waals surface area contributed by atoms with Crippen LogP contribution in [-0.2, 0) is 14.3 Å². The SMILES string of the molecule is CCCNC(CC)(CCCOC1COC1)C(=O)O. The maximum atomic E-state index is 11.4. The molecule has 1 fully saturated rings. The maximum absolute atomic E-state index is 11.4. The van der Waals surface area contributed by atoms with Gasteiger partial charge in [-0.05, 0) is 32.2 Å². The molecule has 0 saturated carbocycles. The first-order chi connectivity index (χ1) is 8.64. The van der Waals surface area contributed by atoms with Crippen LogP contribution in [0.2, 0.25) is 0 Å². The molecule has 1 heterocycles. The molecule has 1 aliphatic rings. The molecule has 1 saturated heterocycles. The summed E-state index contributed by atoms with van der Waals surface area (Å²) in [6.07, 6.45) is 3.11. The zero-order chi connectivity index (χ0) is 13.4. The van der Waals surface area contributed by atoms with Crippen molar-refractivity contribution >= 4 is 5.97 Å². The molecule has 0 aromatic carbocycles. The Balaban J connectivity index is 2.31. The summed E-state index contributed by atoms with van der Waals surface area (Å²) in [7, 11) is 0. The van der Waals surface area contributed by atoms with E-state index < -0.39 is 11.5 Å². The number of rotatable bonds is 10. The van der Waals surface area contributed by atoms with Crippen LogP contribution in [0.1, 0.15) is 39.5 Å². The number of nitrogens with one attached hydrogen (secondary N) is 1. The van der Waals surface area contributed by atoms with Crippen molar-refractivity contribution in [2.24, 2.45) is 0 Å². The lowest BCUT2D eigenvalue weighted by atomic mass is 9.90. The van der Waals surface area contributed by atoms with Crippen molar-refractivity contribution in [1.29, 1.82) is 0 Å². The number of hydrogen-bond acceptors (Lipinski definition) is 4. The van der Waals surface area contributed by atoms with E-state index >= 15 is 0 Å². The van der Waals surface area contributed by atoms with Gasteiger partial charge in [-0.2, -0.15) is 0 Å². The van der Waals surface area contributed by atoms with Crippen LogP contribution in [0.4, 0.5) is 0 Å². The first kappa shape index (κ1) is 15.4. The number of carboxylic acid groups (broad SMARTS) is 1. The maximum Gasteiger partial charge on any atom is 0.323 e. The quantitative estimate of drug-likeness (QED) is 0.581. The molecule has 0 aromatic rings. The first-order valence-corrected chi connectivity index (χ1v) is 6.82. The Morgan fingerprint density at radius 3 is 2.67 bits per heavy atom. The second kappa shape index (κ2) is 7.71. The minimum absolute atomic E-state index is 0.217. The van der Waals surface area contributed by atoms with Crippen molar-refractivity contribution in [3.05, 3.63) is 0 Å². The summed E-state index contributed by atoms with van der Waals surface area (Å²) < 4.78 is 10.6. The monoisotopic (exact) mass is 259 g/mol. The fourth-order valence-electron chi connectivity index (χ4n) is 2.02. The third-order valence-electron chi connectivity index (χ3n) is 3.44. The number of carboxylic acids is 1. The lowest BCUT2D eigenvalue weighted by Crippen LogP contribution is -2.52. The van der Waals surface area contributed by atoms with Gasteiger partial charge in [-0.25, -0.2) is 0 Å². The second-order valence-electron chi connectivity index (χ2n) is 4.80. The Bertz CT molecular complexity index is 255. The van der Waals surface area contributed by atoms with Crippen molar-refractivity contribution in [3.63, 3.8) is 0 Å². The van der Waals surface area contributed by atoms with Gasteiger partial charge >= 0.3 is 5.97 Å². The topological polar surface area (TPSA) is 67.8 Å². The van der Waals surface area contributed by atoms with Gasteiger partial charge in [0.05, 0.1) is 13.2 Å². The summed E-state index contributed by atoms with van der Waals surface area (Å²) in [5.74, 6) is -0.759. The summed E-state index contributed by atoms with van der Waals surface area (Å²) in [6.45, 7) is 6.64. The van der Waals surface area contributed by atoms with E-state index in [1.54, 1.807) is 0 Å². The molecule has 0 radical (unpaired) electrons. The molecule has 1 atom stereocenters. The predicted molar refractivity (Wildman–Crippen MR) is 68.7 cm³/mol. The molecule has 0 amide bonds. The highest BCUT2D eigenvalue weighted by Crippen LogP contribution is 2.19. The minimum Gasteiger partial charge on any atom is -0.480 e. The van der Waals surface area contributed by atoms with E-state index in [2.05, 4.69) is 5.32 Å². The molecular formula is C13H25NO4. The molecule has 1 rings (SSSR count). The predicted octanol–water partition coefficient (Wildman–Crippen LogP) is 1.41. The normalized spacial score (nSPS) is 19.2. The fraction of sp³-hybridized carbons (Fsp3) is 0.923. The van der Waals surface area contributed by atoms with Gasteiger partial charge in [0.15, 0.2) is 0 Å². The fourth-order valence-corrected chi connectivity index (χ4v) is 2.02. The zero-order valence-corrected chi connectivity index (χ0v) is 11.4. The van der Waals surface area contributed by atoms with Gasteiger partial charge in [0.25, 0.3) is 0 Å². The highest BCUT2D eigenvalue weighted by atomic mass is 16.6. The van der Waals surface area contributed by atoms with E-state index in [4.69, 9.17) is 9.47 Å². The van der Waals surface area contributed by atoms with Gasteiger partial charge in [0.2, 0.25) is 0 Å². The Kier molecular flexibility index (Phi) is 6.60. The smallest absolute Gasteiger partial charge is 0.323 e. The van der Waals surface area contributed by atoms with Crippen LogP contribution in [0.25, 0.3) is 0 Å². The summed E-state index contributed by atoms with van der Waals surface area (Å²) in [6, 6.07) is 0. The van der Waals surface area contributed by atoms with Gasteiger partial charge in [0.1, 0.15) is 11.6 Å². The highest BCUT2D eigenvalue weighted by molar-refractivity contribution is 5.78. The van der Waals surface area contributed by atoms with Crippen LogP contribution in [0, 0.1) is 0 Å². The van der Waals surface area contributed by atoms with E-state index in [1.807, 2.05) is 13.8 Å². The summed E-state index contributed by atoms with van der Waals surface area (Å²) >= 11 is 0. The van der Waals surface area contributed by atoms with E-state index in [1.165, 1.54) is 0 Å². The van der Waals surface area contributed by atoms with Crippen molar-refractivity contribution in [2.45, 2.75) is 51.2 Å². The summed E-state index contributed by atoms with van der Waals surface area (Å²) in [5, 5.41) is 12.6. The zero-order valence-electron chi connectivity index (χ0n) is 11.4. The Labute approximate surface area is 109 Å². The van der Waals surface area contributed by atoms with Crippen LogP contribution in [-0.4, -0.2) is 49.1 Å². The lowest BCUT2D eigenvalue weighted by molar-refractivity contribution is -0.146. The minimum atomic E-state index is -0.796. The van der Waals surface area contributed by atoms with Crippen molar-refractivity contribution in [1.82, 2.24) is 5.32 Å². The molecule has 5 heteroatoms. The van der Waals surface area contributed by atoms with Crippen molar-refractivity contribution in [2.75, 3.05) is 26.4 Å². The Hall–Kier alpha value is -0.650. The third kappa shape index (κ3) is 4.23. The van der Waals surface area contributed by atoms with Crippen LogP contribution in [0.3, 0.4) is 0 Å². The third-order valence-corrected chi connectivity index (χ3v) is 3.44. The molecule has 18 heavy (non-hydrogen) atoms. The van der Waals surface area contributed by atoms with Gasteiger partial charge in [-0.1, -0.05) is 13.8 Å². The molecule has 2 N–H and O–H groups in total. The van der Waals surface area contributed by atoms with Gasteiger partial charge in [0, 0.05) is 6.61 Å². The van der Waals surface area contributed by atoms with E-state index in [9.17, 15) is 9.90 Å². The largest absolute Gasteiger partial charge is 0.480 e. The van der Waals surface area contributed by atoms with Gasteiger partial charge in [-0.15, -0.1) is 0 Å². The molecule has 5 nitrogen and oxygen atoms in total. The van der Waals surface area contributed by atoms with E-state index in [-0.39, 0.29) is 6.10 Å². The average Bonchev–Trinajstić information content (AvgIpc) is 2.30. The van der Waals surface area contributed by atoms with Crippen molar-refractivity contribution < 1.29 is 19.4 Å².